The Kier molecular flexibility index (Phi) is 4.40. The van der Waals surface area contributed by atoms with Crippen LogP contribution in [0.1, 0.15) is 12.5 Å². The number of hydrogen-bond acceptors (Lipinski definition) is 1. The van der Waals surface area contributed by atoms with E-state index in [-0.39, 0.29) is 0 Å². The van der Waals surface area contributed by atoms with E-state index in [1.54, 1.807) is 0 Å². The average molecular weight is 260 g/mol. The number of hydrogen-bond donors (Lipinski definition) is 1. The van der Waals surface area contributed by atoms with Gasteiger partial charge in [0.1, 0.15) is 0 Å². The van der Waals surface area contributed by atoms with E-state index in [2.05, 4.69) is 36.5 Å². The Morgan fingerprint density at radius 2 is 1.44 bits per heavy atom. The van der Waals surface area contributed by atoms with Crippen LogP contribution in [0.2, 0.25) is 5.02 Å². The summed E-state index contributed by atoms with van der Waals surface area (Å²) in [7, 11) is 1.99. The molecule has 0 fully saturated rings. The number of rotatable bonds is 4. The van der Waals surface area contributed by atoms with Crippen molar-refractivity contribution in [3.8, 4) is 11.1 Å². The van der Waals surface area contributed by atoms with Crippen molar-refractivity contribution in [3.05, 3.63) is 59.1 Å². The smallest absolute Gasteiger partial charge is 0.0406 e. The van der Waals surface area contributed by atoms with Gasteiger partial charge in [0.25, 0.3) is 0 Å². The Balaban J connectivity index is 2.14. The molecular weight excluding hydrogens is 242 g/mol. The third kappa shape index (κ3) is 3.34. The highest BCUT2D eigenvalue weighted by molar-refractivity contribution is 6.30. The summed E-state index contributed by atoms with van der Waals surface area (Å²) in [5.74, 6) is 0. The first-order valence-corrected chi connectivity index (χ1v) is 6.59. The maximum absolute atomic E-state index is 5.89. The van der Waals surface area contributed by atoms with Gasteiger partial charge in [0.15, 0.2) is 0 Å². The minimum absolute atomic E-state index is 0.506. The average Bonchev–Trinajstić information content (AvgIpc) is 2.40. The Labute approximate surface area is 114 Å². The molecule has 1 nitrogen and oxygen atoms in total. The molecule has 18 heavy (non-hydrogen) atoms. The van der Waals surface area contributed by atoms with Crippen LogP contribution >= 0.6 is 11.6 Å². The predicted molar refractivity (Wildman–Crippen MR) is 79.1 cm³/mol. The highest BCUT2D eigenvalue weighted by atomic mass is 35.5. The molecule has 0 amide bonds. The lowest BCUT2D eigenvalue weighted by atomic mass is 10.0. The van der Waals surface area contributed by atoms with E-state index in [1.165, 1.54) is 16.7 Å². The SMILES string of the molecule is CNC(C)Cc1ccc(-c2ccc(Cl)cc2)cc1. The molecule has 0 saturated heterocycles. The Hall–Kier alpha value is -1.31. The summed E-state index contributed by atoms with van der Waals surface area (Å²) in [5.41, 5.74) is 3.79. The lowest BCUT2D eigenvalue weighted by Gasteiger charge is -2.10. The largest absolute Gasteiger partial charge is 0.317 e. The summed E-state index contributed by atoms with van der Waals surface area (Å²) in [6, 6.07) is 17.2. The van der Waals surface area contributed by atoms with Gasteiger partial charge in [-0.15, -0.1) is 0 Å². The molecule has 1 unspecified atom stereocenters. The van der Waals surface area contributed by atoms with Crippen LogP contribution < -0.4 is 5.32 Å². The van der Waals surface area contributed by atoms with E-state index in [9.17, 15) is 0 Å². The molecule has 1 atom stereocenters. The van der Waals surface area contributed by atoms with Crippen LogP contribution in [0.3, 0.4) is 0 Å². The second-order valence-electron chi connectivity index (χ2n) is 4.60. The van der Waals surface area contributed by atoms with Crippen molar-refractivity contribution in [1.29, 1.82) is 0 Å². The number of nitrogens with one attached hydrogen (secondary N) is 1. The number of halogens is 1. The molecule has 94 valence electrons. The Morgan fingerprint density at radius 1 is 0.944 bits per heavy atom. The second kappa shape index (κ2) is 6.03. The molecule has 2 heteroatoms. The van der Waals surface area contributed by atoms with Crippen LogP contribution in [-0.4, -0.2) is 13.1 Å². The molecule has 0 radical (unpaired) electrons. The molecule has 2 rings (SSSR count). The minimum atomic E-state index is 0.506. The van der Waals surface area contributed by atoms with Gasteiger partial charge in [-0.05, 0) is 49.2 Å². The predicted octanol–water partition coefficient (Wildman–Crippen LogP) is 4.16. The minimum Gasteiger partial charge on any atom is -0.317 e. The van der Waals surface area contributed by atoms with Crippen LogP contribution in [0, 0.1) is 0 Å². The van der Waals surface area contributed by atoms with E-state index >= 15 is 0 Å². The highest BCUT2D eigenvalue weighted by Gasteiger charge is 2.02. The zero-order valence-corrected chi connectivity index (χ0v) is 11.5. The standard InChI is InChI=1S/C16H18ClN/c1-12(18-2)11-13-3-5-14(6-4-13)15-7-9-16(17)10-8-15/h3-10,12,18H,11H2,1-2H3. The van der Waals surface area contributed by atoms with Gasteiger partial charge in [-0.25, -0.2) is 0 Å². The summed E-state index contributed by atoms with van der Waals surface area (Å²) < 4.78 is 0. The van der Waals surface area contributed by atoms with Gasteiger partial charge in [0, 0.05) is 11.1 Å². The fraction of sp³-hybridized carbons (Fsp3) is 0.250. The van der Waals surface area contributed by atoms with Crippen molar-refractivity contribution >= 4 is 11.6 Å². The monoisotopic (exact) mass is 259 g/mol. The van der Waals surface area contributed by atoms with Crippen LogP contribution in [0.4, 0.5) is 0 Å². The topological polar surface area (TPSA) is 12.0 Å². The van der Waals surface area contributed by atoms with E-state index in [0.29, 0.717) is 6.04 Å². The van der Waals surface area contributed by atoms with E-state index < -0.39 is 0 Å². The van der Waals surface area contributed by atoms with Crippen LogP contribution in [0.15, 0.2) is 48.5 Å². The van der Waals surface area contributed by atoms with Crippen LogP contribution in [0.25, 0.3) is 11.1 Å². The molecule has 1 N–H and O–H groups in total. The van der Waals surface area contributed by atoms with Gasteiger partial charge in [0.2, 0.25) is 0 Å². The maximum Gasteiger partial charge on any atom is 0.0406 e. The van der Waals surface area contributed by atoms with E-state index in [4.69, 9.17) is 11.6 Å². The lowest BCUT2D eigenvalue weighted by molar-refractivity contribution is 0.608. The van der Waals surface area contributed by atoms with E-state index in [1.807, 2.05) is 31.3 Å². The molecular formula is C16H18ClN. The Morgan fingerprint density at radius 3 is 1.94 bits per heavy atom. The fourth-order valence-corrected chi connectivity index (χ4v) is 2.06. The number of likely N-dealkylation sites (N-methyl/N-ethyl adjacent to an activating group) is 1. The summed E-state index contributed by atoms with van der Waals surface area (Å²) in [6.07, 6.45) is 1.05. The van der Waals surface area contributed by atoms with Crippen LogP contribution in [-0.2, 0) is 6.42 Å². The van der Waals surface area contributed by atoms with Gasteiger partial charge >= 0.3 is 0 Å². The molecule has 0 spiro atoms. The van der Waals surface area contributed by atoms with Gasteiger partial charge < -0.3 is 5.32 Å². The summed E-state index contributed by atoms with van der Waals surface area (Å²) in [6.45, 7) is 2.19. The summed E-state index contributed by atoms with van der Waals surface area (Å²) in [5, 5.41) is 4.03. The van der Waals surface area contributed by atoms with Gasteiger partial charge in [-0.2, -0.15) is 0 Å². The zero-order valence-electron chi connectivity index (χ0n) is 10.8. The molecule has 0 aromatic heterocycles. The molecule has 0 aliphatic heterocycles. The van der Waals surface area contributed by atoms with Crippen molar-refractivity contribution in [2.75, 3.05) is 7.05 Å². The summed E-state index contributed by atoms with van der Waals surface area (Å²) >= 11 is 5.89. The molecule has 0 aliphatic carbocycles. The van der Waals surface area contributed by atoms with Crippen molar-refractivity contribution < 1.29 is 0 Å². The molecule has 0 heterocycles. The third-order valence-electron chi connectivity index (χ3n) is 3.17. The Bertz CT molecular complexity index is 488. The number of benzene rings is 2. The second-order valence-corrected chi connectivity index (χ2v) is 5.03. The quantitative estimate of drug-likeness (QED) is 0.870. The van der Waals surface area contributed by atoms with Crippen molar-refractivity contribution in [3.63, 3.8) is 0 Å². The first-order valence-electron chi connectivity index (χ1n) is 6.21. The van der Waals surface area contributed by atoms with Crippen molar-refractivity contribution in [2.45, 2.75) is 19.4 Å². The summed E-state index contributed by atoms with van der Waals surface area (Å²) in [4.78, 5) is 0. The van der Waals surface area contributed by atoms with Crippen molar-refractivity contribution in [2.24, 2.45) is 0 Å². The van der Waals surface area contributed by atoms with Gasteiger partial charge in [-0.3, -0.25) is 0 Å². The first kappa shape index (κ1) is 13.1. The normalized spacial score (nSPS) is 12.4. The van der Waals surface area contributed by atoms with Crippen molar-refractivity contribution in [1.82, 2.24) is 5.32 Å². The highest BCUT2D eigenvalue weighted by Crippen LogP contribution is 2.22. The lowest BCUT2D eigenvalue weighted by Crippen LogP contribution is -2.23. The van der Waals surface area contributed by atoms with Gasteiger partial charge in [-0.1, -0.05) is 48.0 Å². The molecule has 2 aromatic carbocycles. The molecule has 0 bridgehead atoms. The van der Waals surface area contributed by atoms with Crippen LogP contribution in [0.5, 0.6) is 0 Å². The molecule has 0 aliphatic rings. The molecule has 2 aromatic rings. The maximum atomic E-state index is 5.89. The van der Waals surface area contributed by atoms with Gasteiger partial charge in [0.05, 0.1) is 0 Å². The molecule has 0 saturated carbocycles. The fourth-order valence-electron chi connectivity index (χ4n) is 1.93. The zero-order chi connectivity index (χ0) is 13.0. The third-order valence-corrected chi connectivity index (χ3v) is 3.42. The first-order chi connectivity index (χ1) is 8.69. The van der Waals surface area contributed by atoms with E-state index in [0.717, 1.165) is 11.4 Å².